The molecule has 0 spiro atoms. The molecule has 1 aromatic heterocycles. The molecule has 0 radical (unpaired) electrons. The number of thiophene rings is 1. The second-order valence-electron chi connectivity index (χ2n) is 3.03. The van der Waals surface area contributed by atoms with Crippen LogP contribution in [-0.2, 0) is 16.0 Å². The van der Waals surface area contributed by atoms with Crippen molar-refractivity contribution in [1.29, 1.82) is 0 Å². The molecule has 0 aliphatic heterocycles. The predicted molar refractivity (Wildman–Crippen MR) is 57.2 cm³/mol. The molecular formula is C10H15NO2S. The molecule has 0 bridgehead atoms. The molecule has 0 aliphatic rings. The van der Waals surface area contributed by atoms with Crippen molar-refractivity contribution in [3.8, 4) is 0 Å². The van der Waals surface area contributed by atoms with Gasteiger partial charge >= 0.3 is 5.97 Å². The van der Waals surface area contributed by atoms with Gasteiger partial charge in [-0.1, -0.05) is 0 Å². The highest BCUT2D eigenvalue weighted by atomic mass is 32.1. The molecule has 0 fully saturated rings. The Morgan fingerprint density at radius 3 is 3.07 bits per heavy atom. The number of rotatable bonds is 5. The van der Waals surface area contributed by atoms with Gasteiger partial charge in [-0.3, -0.25) is 4.79 Å². The molecule has 0 aliphatic carbocycles. The molecule has 1 unspecified atom stereocenters. The summed E-state index contributed by atoms with van der Waals surface area (Å²) in [5.74, 6) is -0.303. The average Bonchev–Trinajstić information content (AvgIpc) is 2.67. The van der Waals surface area contributed by atoms with Crippen LogP contribution < -0.4 is 5.73 Å². The van der Waals surface area contributed by atoms with Gasteiger partial charge in [-0.25, -0.2) is 0 Å². The molecule has 3 nitrogen and oxygen atoms in total. The SMILES string of the molecule is CCOC(=O)C(N)CCc1ccsc1. The van der Waals surface area contributed by atoms with E-state index >= 15 is 0 Å². The smallest absolute Gasteiger partial charge is 0.322 e. The lowest BCUT2D eigenvalue weighted by Gasteiger charge is -2.09. The van der Waals surface area contributed by atoms with Gasteiger partial charge in [-0.05, 0) is 42.2 Å². The summed E-state index contributed by atoms with van der Waals surface area (Å²) in [6, 6.07) is 1.55. The molecule has 4 heteroatoms. The van der Waals surface area contributed by atoms with Crippen LogP contribution in [0.5, 0.6) is 0 Å². The lowest BCUT2D eigenvalue weighted by molar-refractivity contribution is -0.144. The minimum atomic E-state index is -0.491. The highest BCUT2D eigenvalue weighted by Crippen LogP contribution is 2.09. The van der Waals surface area contributed by atoms with Crippen molar-refractivity contribution in [1.82, 2.24) is 0 Å². The molecule has 2 N–H and O–H groups in total. The van der Waals surface area contributed by atoms with Gasteiger partial charge < -0.3 is 10.5 Å². The van der Waals surface area contributed by atoms with Crippen LogP contribution in [0.2, 0.25) is 0 Å². The predicted octanol–water partition coefficient (Wildman–Crippen LogP) is 1.57. The standard InChI is InChI=1S/C10H15NO2S/c1-2-13-10(12)9(11)4-3-8-5-6-14-7-8/h5-7,9H,2-4,11H2,1H3. The summed E-state index contributed by atoms with van der Waals surface area (Å²) in [7, 11) is 0. The summed E-state index contributed by atoms with van der Waals surface area (Å²) < 4.78 is 4.81. The molecular weight excluding hydrogens is 198 g/mol. The van der Waals surface area contributed by atoms with E-state index in [4.69, 9.17) is 10.5 Å². The normalized spacial score (nSPS) is 12.4. The van der Waals surface area contributed by atoms with E-state index in [9.17, 15) is 4.79 Å². The molecule has 0 saturated heterocycles. The van der Waals surface area contributed by atoms with Crippen LogP contribution in [0.15, 0.2) is 16.8 Å². The Labute approximate surface area is 87.9 Å². The Bertz CT molecular complexity index is 272. The van der Waals surface area contributed by atoms with E-state index < -0.39 is 6.04 Å². The zero-order valence-electron chi connectivity index (χ0n) is 8.23. The third kappa shape index (κ3) is 3.47. The minimum absolute atomic E-state index is 0.303. The van der Waals surface area contributed by atoms with Crippen LogP contribution in [0, 0.1) is 0 Å². The van der Waals surface area contributed by atoms with Crippen LogP contribution in [0.1, 0.15) is 18.9 Å². The first-order valence-electron chi connectivity index (χ1n) is 4.67. The summed E-state index contributed by atoms with van der Waals surface area (Å²) in [4.78, 5) is 11.2. The number of hydrogen-bond donors (Lipinski definition) is 1. The quantitative estimate of drug-likeness (QED) is 0.755. The summed E-state index contributed by atoms with van der Waals surface area (Å²) in [5.41, 5.74) is 6.88. The van der Waals surface area contributed by atoms with E-state index in [0.29, 0.717) is 13.0 Å². The molecule has 0 aromatic carbocycles. The molecule has 0 saturated carbocycles. The number of nitrogens with two attached hydrogens (primary N) is 1. The van der Waals surface area contributed by atoms with Crippen molar-refractivity contribution >= 4 is 17.3 Å². The van der Waals surface area contributed by atoms with Gasteiger partial charge in [0.2, 0.25) is 0 Å². The fourth-order valence-corrected chi connectivity index (χ4v) is 1.83. The maximum Gasteiger partial charge on any atom is 0.322 e. The van der Waals surface area contributed by atoms with Gasteiger partial charge in [0.25, 0.3) is 0 Å². The molecule has 1 heterocycles. The second kappa shape index (κ2) is 5.78. The van der Waals surface area contributed by atoms with E-state index in [0.717, 1.165) is 6.42 Å². The van der Waals surface area contributed by atoms with Crippen molar-refractivity contribution in [2.75, 3.05) is 6.61 Å². The number of ether oxygens (including phenoxy) is 1. The molecule has 1 aromatic rings. The van der Waals surface area contributed by atoms with Crippen molar-refractivity contribution in [3.63, 3.8) is 0 Å². The zero-order chi connectivity index (χ0) is 10.4. The highest BCUT2D eigenvalue weighted by molar-refractivity contribution is 7.07. The summed E-state index contributed by atoms with van der Waals surface area (Å²) in [6.45, 7) is 2.18. The van der Waals surface area contributed by atoms with Crippen LogP contribution in [0.25, 0.3) is 0 Å². The molecule has 78 valence electrons. The summed E-state index contributed by atoms with van der Waals surface area (Å²) >= 11 is 1.65. The van der Waals surface area contributed by atoms with Crippen molar-refractivity contribution in [2.45, 2.75) is 25.8 Å². The fraction of sp³-hybridized carbons (Fsp3) is 0.500. The van der Waals surface area contributed by atoms with Crippen LogP contribution in [-0.4, -0.2) is 18.6 Å². The zero-order valence-corrected chi connectivity index (χ0v) is 9.05. The Hall–Kier alpha value is -0.870. The molecule has 1 rings (SSSR count). The van der Waals surface area contributed by atoms with Crippen molar-refractivity contribution < 1.29 is 9.53 Å². The third-order valence-electron chi connectivity index (χ3n) is 1.91. The lowest BCUT2D eigenvalue weighted by Crippen LogP contribution is -2.32. The first-order chi connectivity index (χ1) is 6.74. The van der Waals surface area contributed by atoms with E-state index in [1.807, 2.05) is 11.4 Å². The Kier molecular flexibility index (Phi) is 4.62. The first-order valence-corrected chi connectivity index (χ1v) is 5.61. The van der Waals surface area contributed by atoms with Gasteiger partial charge in [0.15, 0.2) is 0 Å². The van der Waals surface area contributed by atoms with Crippen molar-refractivity contribution in [3.05, 3.63) is 22.4 Å². The Morgan fingerprint density at radius 1 is 1.71 bits per heavy atom. The topological polar surface area (TPSA) is 52.3 Å². The maximum absolute atomic E-state index is 11.2. The Balaban J connectivity index is 2.27. The van der Waals surface area contributed by atoms with Gasteiger partial charge in [0.05, 0.1) is 6.61 Å². The van der Waals surface area contributed by atoms with Crippen LogP contribution in [0.4, 0.5) is 0 Å². The van der Waals surface area contributed by atoms with E-state index in [1.165, 1.54) is 5.56 Å². The van der Waals surface area contributed by atoms with Gasteiger partial charge in [0.1, 0.15) is 6.04 Å². The maximum atomic E-state index is 11.2. The van der Waals surface area contributed by atoms with Gasteiger partial charge in [-0.15, -0.1) is 0 Å². The van der Waals surface area contributed by atoms with Crippen molar-refractivity contribution in [2.24, 2.45) is 5.73 Å². The van der Waals surface area contributed by atoms with E-state index in [-0.39, 0.29) is 5.97 Å². The van der Waals surface area contributed by atoms with Gasteiger partial charge in [0, 0.05) is 0 Å². The minimum Gasteiger partial charge on any atom is -0.465 e. The number of esters is 1. The van der Waals surface area contributed by atoms with Crippen LogP contribution >= 0.6 is 11.3 Å². The third-order valence-corrected chi connectivity index (χ3v) is 2.65. The fourth-order valence-electron chi connectivity index (χ4n) is 1.12. The van der Waals surface area contributed by atoms with E-state index in [1.54, 1.807) is 18.3 Å². The largest absolute Gasteiger partial charge is 0.465 e. The second-order valence-corrected chi connectivity index (χ2v) is 3.81. The molecule has 1 atom stereocenters. The number of carbonyl (C=O) groups excluding carboxylic acids is 1. The van der Waals surface area contributed by atoms with E-state index in [2.05, 4.69) is 5.38 Å². The summed E-state index contributed by atoms with van der Waals surface area (Å²) in [5, 5.41) is 4.09. The number of carbonyl (C=O) groups is 1. The van der Waals surface area contributed by atoms with Gasteiger partial charge in [-0.2, -0.15) is 11.3 Å². The highest BCUT2D eigenvalue weighted by Gasteiger charge is 2.13. The monoisotopic (exact) mass is 213 g/mol. The van der Waals surface area contributed by atoms with Crippen LogP contribution in [0.3, 0.4) is 0 Å². The lowest BCUT2D eigenvalue weighted by atomic mass is 10.1. The summed E-state index contributed by atoms with van der Waals surface area (Å²) in [6.07, 6.45) is 1.49. The Morgan fingerprint density at radius 2 is 2.50 bits per heavy atom. The molecule has 0 amide bonds. The number of hydrogen-bond acceptors (Lipinski definition) is 4. The molecule has 14 heavy (non-hydrogen) atoms. The number of aryl methyl sites for hydroxylation is 1. The average molecular weight is 213 g/mol. The first kappa shape index (κ1) is 11.2.